The van der Waals surface area contributed by atoms with Crippen molar-refractivity contribution in [3.05, 3.63) is 90.4 Å². The van der Waals surface area contributed by atoms with E-state index in [2.05, 4.69) is 20.7 Å². The molecule has 3 aromatic rings. The van der Waals surface area contributed by atoms with E-state index in [0.29, 0.717) is 0 Å². The van der Waals surface area contributed by atoms with Crippen LogP contribution in [-0.2, 0) is 12.1 Å². The lowest BCUT2D eigenvalue weighted by molar-refractivity contribution is -0.384. The van der Waals surface area contributed by atoms with Crippen molar-refractivity contribution in [3.63, 3.8) is 0 Å². The van der Waals surface area contributed by atoms with Gasteiger partial charge in [0.1, 0.15) is 5.75 Å². The average molecular weight is 766 g/mol. The molecular formula is C28H19BrClF9N2O6. The first kappa shape index (κ1) is 37.4. The van der Waals surface area contributed by atoms with Crippen LogP contribution in [0, 0.1) is 10.1 Å². The van der Waals surface area contributed by atoms with Crippen LogP contribution in [0.1, 0.15) is 38.8 Å². The highest BCUT2D eigenvalue weighted by atomic mass is 79.9. The molecule has 3 rings (SSSR count). The summed E-state index contributed by atoms with van der Waals surface area (Å²) in [7, 11) is 1.10. The molecule has 0 atom stereocenters. The summed E-state index contributed by atoms with van der Waals surface area (Å²) in [5.41, 5.74) is -9.74. The fourth-order valence-corrected chi connectivity index (χ4v) is 5.30. The molecule has 8 nitrogen and oxygen atoms in total. The number of para-hydroxylation sites is 1. The van der Waals surface area contributed by atoms with E-state index in [1.807, 2.05) is 0 Å². The van der Waals surface area contributed by atoms with E-state index in [1.54, 1.807) is 0 Å². The van der Waals surface area contributed by atoms with Crippen LogP contribution >= 0.6 is 27.5 Å². The Labute approximate surface area is 272 Å². The van der Waals surface area contributed by atoms with E-state index >= 15 is 0 Å². The van der Waals surface area contributed by atoms with Crippen molar-refractivity contribution in [1.82, 2.24) is 0 Å². The van der Waals surface area contributed by atoms with Gasteiger partial charge in [0, 0.05) is 40.7 Å². The molecule has 0 saturated carbocycles. The number of hydrogen-bond acceptors (Lipinski definition) is 6. The van der Waals surface area contributed by atoms with Gasteiger partial charge in [0.2, 0.25) is 0 Å². The number of nitro groups is 1. The van der Waals surface area contributed by atoms with Gasteiger partial charge in [0.25, 0.3) is 11.6 Å². The lowest BCUT2D eigenvalue weighted by Crippen LogP contribution is -2.50. The van der Waals surface area contributed by atoms with Crippen LogP contribution in [-0.4, -0.2) is 49.2 Å². The predicted octanol–water partition coefficient (Wildman–Crippen LogP) is 9.00. The SMILES string of the molecule is CCN(C(=O)c1ccc([N+](=O)[O-])cc1Cl)c1cccc(C(=O)Cc2c(Br)cc(C(F)(C(F)(F)F)C(F)(F)F)cc2OC(F)F)c1OC. The van der Waals surface area contributed by atoms with E-state index in [1.165, 1.54) is 19.1 Å². The Morgan fingerprint density at radius 3 is 2.11 bits per heavy atom. The van der Waals surface area contributed by atoms with E-state index in [0.717, 1.165) is 36.3 Å². The number of Topliss-reactive ketones (excluding diaryl/α,β-unsaturated/α-hetero) is 1. The Morgan fingerprint density at radius 1 is 1.00 bits per heavy atom. The van der Waals surface area contributed by atoms with Crippen molar-refractivity contribution < 1.29 is 63.5 Å². The minimum absolute atomic E-state index is 0.0427. The third-order valence-corrected chi connectivity index (χ3v) is 7.65. The molecule has 1 amide bonds. The molecule has 47 heavy (non-hydrogen) atoms. The van der Waals surface area contributed by atoms with E-state index in [4.69, 9.17) is 16.3 Å². The first-order chi connectivity index (χ1) is 21.7. The number of non-ortho nitro benzene ring substituents is 1. The smallest absolute Gasteiger partial charge is 0.435 e. The highest BCUT2D eigenvalue weighted by Gasteiger charge is 2.73. The van der Waals surface area contributed by atoms with Gasteiger partial charge in [0.15, 0.2) is 11.5 Å². The summed E-state index contributed by atoms with van der Waals surface area (Å²) in [6.45, 7) is -2.38. The monoisotopic (exact) mass is 764 g/mol. The summed E-state index contributed by atoms with van der Waals surface area (Å²) >= 11 is 8.75. The van der Waals surface area contributed by atoms with Crippen LogP contribution in [0.5, 0.6) is 11.5 Å². The maximum Gasteiger partial charge on any atom is 0.435 e. The second-order valence-electron chi connectivity index (χ2n) is 9.40. The molecule has 0 aliphatic rings. The van der Waals surface area contributed by atoms with Gasteiger partial charge >= 0.3 is 24.6 Å². The van der Waals surface area contributed by atoms with Crippen LogP contribution < -0.4 is 14.4 Å². The van der Waals surface area contributed by atoms with Gasteiger partial charge < -0.3 is 14.4 Å². The second-order valence-corrected chi connectivity index (χ2v) is 10.7. The van der Waals surface area contributed by atoms with Crippen LogP contribution in [0.15, 0.2) is 53.0 Å². The lowest BCUT2D eigenvalue weighted by Gasteiger charge is -2.31. The maximum atomic E-state index is 14.7. The molecular weight excluding hydrogens is 747 g/mol. The zero-order valence-electron chi connectivity index (χ0n) is 23.6. The third kappa shape index (κ3) is 7.42. The average Bonchev–Trinajstić information content (AvgIpc) is 2.96. The van der Waals surface area contributed by atoms with Crippen molar-refractivity contribution in [1.29, 1.82) is 0 Å². The molecule has 0 fully saturated rings. The van der Waals surface area contributed by atoms with Crippen LogP contribution in [0.4, 0.5) is 50.9 Å². The maximum absolute atomic E-state index is 14.7. The fraction of sp³-hybridized carbons (Fsp3) is 0.286. The van der Waals surface area contributed by atoms with E-state index in [-0.39, 0.29) is 46.3 Å². The number of anilines is 1. The number of nitrogens with zero attached hydrogens (tertiary/aromatic N) is 2. The summed E-state index contributed by atoms with van der Waals surface area (Å²) < 4.78 is 130. The first-order valence-corrected chi connectivity index (χ1v) is 13.9. The Kier molecular flexibility index (Phi) is 11.1. The van der Waals surface area contributed by atoms with Gasteiger partial charge in [-0.3, -0.25) is 19.7 Å². The first-order valence-electron chi connectivity index (χ1n) is 12.8. The molecule has 0 unspecified atom stereocenters. The highest BCUT2D eigenvalue weighted by molar-refractivity contribution is 9.10. The largest absolute Gasteiger partial charge is 0.494 e. The molecule has 0 saturated heterocycles. The van der Waals surface area contributed by atoms with Crippen molar-refractivity contribution in [2.45, 2.75) is 38.0 Å². The number of ether oxygens (including phenoxy) is 2. The summed E-state index contributed by atoms with van der Waals surface area (Å²) in [6, 6.07) is 6.67. The number of carbonyl (C=O) groups excluding carboxylic acids is 2. The summed E-state index contributed by atoms with van der Waals surface area (Å²) in [5, 5.41) is 10.8. The van der Waals surface area contributed by atoms with Gasteiger partial charge in [-0.15, -0.1) is 0 Å². The standard InChI is InChI=1S/C28H19BrClF9N2O6/c1-3-40(24(43)15-8-7-14(41(44)45)11-19(15)30)20-6-4-5-16(23(20)46-2)21(42)12-17-18(29)9-13(10-22(17)47-25(31)32)26(33,27(34,35)36)28(37,38)39/h4-11,25H,3,12H2,1-2H3. The third-order valence-electron chi connectivity index (χ3n) is 6.63. The van der Waals surface area contributed by atoms with E-state index < -0.39 is 74.7 Å². The molecule has 0 aliphatic heterocycles. The molecule has 254 valence electrons. The van der Waals surface area contributed by atoms with E-state index in [9.17, 15) is 59.2 Å². The normalized spacial score (nSPS) is 12.2. The number of methoxy groups -OCH3 is 1. The van der Waals surface area contributed by atoms with Crippen LogP contribution in [0.25, 0.3) is 0 Å². The highest BCUT2D eigenvalue weighted by Crippen LogP contribution is 2.54. The number of benzene rings is 3. The van der Waals surface area contributed by atoms with Gasteiger partial charge in [-0.1, -0.05) is 33.6 Å². The quantitative estimate of drug-likeness (QED) is 0.0837. The molecule has 0 radical (unpaired) electrons. The number of halogens is 11. The van der Waals surface area contributed by atoms with Gasteiger partial charge in [-0.05, 0) is 37.3 Å². The lowest BCUT2D eigenvalue weighted by atomic mass is 9.91. The van der Waals surface area contributed by atoms with Crippen molar-refractivity contribution >= 4 is 50.6 Å². The zero-order chi connectivity index (χ0) is 35.6. The Bertz CT molecular complexity index is 1690. The number of rotatable bonds is 11. The van der Waals surface area contributed by atoms with Crippen LogP contribution in [0.2, 0.25) is 5.02 Å². The number of ketones is 1. The number of amides is 1. The molecule has 0 aromatic heterocycles. The number of carbonyl (C=O) groups is 2. The van der Waals surface area contributed by atoms with Gasteiger partial charge in [-0.2, -0.15) is 35.1 Å². The molecule has 0 N–H and O–H groups in total. The van der Waals surface area contributed by atoms with Crippen molar-refractivity contribution in [2.75, 3.05) is 18.6 Å². The number of hydrogen-bond donors (Lipinski definition) is 0. The summed E-state index contributed by atoms with van der Waals surface area (Å²) in [4.78, 5) is 38.3. The topological polar surface area (TPSA) is 99.0 Å². The number of alkyl halides is 9. The zero-order valence-corrected chi connectivity index (χ0v) is 26.0. The molecule has 0 heterocycles. The minimum atomic E-state index is -6.57. The molecule has 3 aromatic carbocycles. The number of nitro benzene ring substituents is 1. The summed E-state index contributed by atoms with van der Waals surface area (Å²) in [5.74, 6) is -3.43. The van der Waals surface area contributed by atoms with Crippen molar-refractivity contribution in [3.8, 4) is 11.5 Å². The predicted molar refractivity (Wildman–Crippen MR) is 152 cm³/mol. The molecule has 0 bridgehead atoms. The van der Waals surface area contributed by atoms with Crippen LogP contribution in [0.3, 0.4) is 0 Å². The molecule has 19 heteroatoms. The molecule has 0 aliphatic carbocycles. The fourth-order valence-electron chi connectivity index (χ4n) is 4.46. The van der Waals surface area contributed by atoms with Gasteiger partial charge in [0.05, 0.1) is 33.9 Å². The second kappa shape index (κ2) is 14.0. The van der Waals surface area contributed by atoms with Crippen molar-refractivity contribution in [2.24, 2.45) is 0 Å². The molecule has 0 spiro atoms. The van der Waals surface area contributed by atoms with Gasteiger partial charge in [-0.25, -0.2) is 4.39 Å². The minimum Gasteiger partial charge on any atom is -0.494 e. The Morgan fingerprint density at radius 2 is 1.62 bits per heavy atom. The Balaban J connectivity index is 2.11. The summed E-state index contributed by atoms with van der Waals surface area (Å²) in [6.07, 6.45) is -14.1. The Hall–Kier alpha value is -4.06.